The maximum atomic E-state index is 5.49. The Morgan fingerprint density at radius 2 is 0.449 bits per heavy atom. The Labute approximate surface area is 858 Å². The van der Waals surface area contributed by atoms with Gasteiger partial charge in [-0.25, -0.2) is 24.9 Å². The highest BCUT2D eigenvalue weighted by molar-refractivity contribution is 7.27. The summed E-state index contributed by atoms with van der Waals surface area (Å²) in [6, 6.07) is 174. The van der Waals surface area contributed by atoms with Crippen molar-refractivity contribution in [3.05, 3.63) is 485 Å². The molecule has 32 rings (SSSR count). The van der Waals surface area contributed by atoms with E-state index >= 15 is 0 Å². The maximum absolute atomic E-state index is 5.49. The van der Waals surface area contributed by atoms with Gasteiger partial charge in [0.15, 0.2) is 0 Å². The van der Waals surface area contributed by atoms with Crippen LogP contribution in [0, 0.1) is 0 Å². The van der Waals surface area contributed by atoms with Crippen LogP contribution in [0.15, 0.2) is 485 Å². The first kappa shape index (κ1) is 84.4. The van der Waals surface area contributed by atoms with Crippen LogP contribution in [-0.4, -0.2) is 38.6 Å². The van der Waals surface area contributed by atoms with Crippen molar-refractivity contribution in [2.24, 2.45) is 0 Å². The highest BCUT2D eigenvalue weighted by atomic mass is 32.1. The van der Waals surface area contributed by atoms with Crippen molar-refractivity contribution >= 4 is 246 Å². The Kier molecular flexibility index (Phi) is 19.7. The SMILES string of the molecule is c1ccc(-c2cc(-n3c4cc(-c5ccccc5)c5ccccc5c4c4c5c(ccc43)sc3ccccc35)nc3ccccc23)cc1.c1ccc(-c2cc3c(c4ccccc24)c2c4c(ccc2n3-c2nc(-c3ccccc3)c3sc5ccccc5c3n2)sc2ccccc24)cc1.c1ccc(-c2ccc(-c3nc(-n4c5cc(-c6ccccc6)c6ccccc6c5c5c6c(ccc54)sc4ccccc46)nc4ccccc34)cc2)cc1. The quantitative estimate of drug-likeness (QED) is 0.136. The Morgan fingerprint density at radius 3 is 0.878 bits per heavy atom. The molecule has 0 aliphatic heterocycles. The third-order valence-electron chi connectivity index (χ3n) is 29.6. The predicted octanol–water partition coefficient (Wildman–Crippen LogP) is 38.2. The van der Waals surface area contributed by atoms with Crippen LogP contribution in [0.1, 0.15) is 0 Å². The number of hydrogen-bond acceptors (Lipinski definition) is 9. The molecule has 0 atom stereocenters. The average Bonchev–Trinajstić information content (AvgIpc) is 1.54. The molecule has 12 heteroatoms. The summed E-state index contributed by atoms with van der Waals surface area (Å²) in [6.07, 6.45) is 0. The molecule has 10 heterocycles. The van der Waals surface area contributed by atoms with Gasteiger partial charge in [0, 0.05) is 125 Å². The molecule has 0 radical (unpaired) electrons. The van der Waals surface area contributed by atoms with Gasteiger partial charge in [-0.1, -0.05) is 388 Å². The van der Waals surface area contributed by atoms with Crippen LogP contribution in [0.25, 0.3) is 296 Å². The third kappa shape index (κ3) is 13.6. The lowest BCUT2D eigenvalue weighted by Crippen LogP contribution is -2.03. The highest BCUT2D eigenvalue weighted by Crippen LogP contribution is 2.54. The van der Waals surface area contributed by atoms with E-state index in [0.717, 1.165) is 93.3 Å². The largest absolute Gasteiger partial charge is 0.294 e. The van der Waals surface area contributed by atoms with E-state index in [4.69, 9.17) is 24.9 Å². The van der Waals surface area contributed by atoms with Gasteiger partial charge in [-0.3, -0.25) is 13.7 Å². The fourth-order valence-corrected chi connectivity index (χ4v) is 27.7. The van der Waals surface area contributed by atoms with Crippen molar-refractivity contribution in [3.8, 4) is 95.9 Å². The molecule has 0 aliphatic rings. The number of hydrogen-bond donors (Lipinski definition) is 0. The lowest BCUT2D eigenvalue weighted by molar-refractivity contribution is 1.01. The number of fused-ring (bicyclic) bond motifs is 32. The van der Waals surface area contributed by atoms with Gasteiger partial charge in [0.05, 0.1) is 65.7 Å². The highest BCUT2D eigenvalue weighted by Gasteiger charge is 2.30. The Morgan fingerprint density at radius 1 is 0.156 bits per heavy atom. The first-order valence-corrected chi connectivity index (χ1v) is 52.9. The van der Waals surface area contributed by atoms with Crippen molar-refractivity contribution in [3.63, 3.8) is 0 Å². The van der Waals surface area contributed by atoms with E-state index in [-0.39, 0.29) is 0 Å². The summed E-state index contributed by atoms with van der Waals surface area (Å²) in [4.78, 5) is 27.2. The molecule has 0 fully saturated rings. The summed E-state index contributed by atoms with van der Waals surface area (Å²) in [5, 5.41) is 26.1. The molecular formula is C135H80N8S4. The second-order valence-electron chi connectivity index (χ2n) is 37.7. The van der Waals surface area contributed by atoms with Crippen LogP contribution in [0.3, 0.4) is 0 Å². The van der Waals surface area contributed by atoms with Gasteiger partial charge in [0.2, 0.25) is 11.9 Å². The van der Waals surface area contributed by atoms with E-state index in [2.05, 4.69) is 499 Å². The van der Waals surface area contributed by atoms with Crippen LogP contribution < -0.4 is 0 Å². The van der Waals surface area contributed by atoms with Crippen LogP contribution in [0.2, 0.25) is 0 Å². The zero-order valence-electron chi connectivity index (χ0n) is 78.9. The normalized spacial score (nSPS) is 11.9. The van der Waals surface area contributed by atoms with Gasteiger partial charge in [-0.05, 0) is 185 Å². The number of pyridine rings is 1. The molecule has 0 bridgehead atoms. The molecule has 10 aromatic heterocycles. The molecule has 0 amide bonds. The number of thiophene rings is 4. The van der Waals surface area contributed by atoms with Crippen LogP contribution in [-0.2, 0) is 0 Å². The molecule has 0 saturated carbocycles. The van der Waals surface area contributed by atoms with Gasteiger partial charge < -0.3 is 0 Å². The van der Waals surface area contributed by atoms with Gasteiger partial charge >= 0.3 is 0 Å². The monoisotopic (exact) mass is 1940 g/mol. The lowest BCUT2D eigenvalue weighted by atomic mass is 9.94. The van der Waals surface area contributed by atoms with Crippen molar-refractivity contribution < 1.29 is 0 Å². The molecule has 0 saturated heterocycles. The van der Waals surface area contributed by atoms with Gasteiger partial charge in [-0.15, -0.1) is 45.3 Å². The minimum atomic E-state index is 0.661. The molecule has 8 nitrogen and oxygen atoms in total. The van der Waals surface area contributed by atoms with E-state index < -0.39 is 0 Å². The van der Waals surface area contributed by atoms with Crippen molar-refractivity contribution in [1.82, 2.24) is 38.6 Å². The zero-order valence-corrected chi connectivity index (χ0v) is 82.2. The van der Waals surface area contributed by atoms with Gasteiger partial charge in [0.25, 0.3) is 0 Å². The van der Waals surface area contributed by atoms with E-state index in [1.807, 2.05) is 34.0 Å². The molecule has 0 spiro atoms. The first-order valence-electron chi connectivity index (χ1n) is 49.7. The maximum Gasteiger partial charge on any atom is 0.235 e. The van der Waals surface area contributed by atoms with Crippen molar-refractivity contribution in [1.29, 1.82) is 0 Å². The minimum Gasteiger partial charge on any atom is -0.294 e. The molecule has 147 heavy (non-hydrogen) atoms. The summed E-state index contributed by atoms with van der Waals surface area (Å²) >= 11 is 7.36. The van der Waals surface area contributed by atoms with Crippen LogP contribution in [0.4, 0.5) is 0 Å². The molecule has 684 valence electrons. The third-order valence-corrected chi connectivity index (χ3v) is 34.2. The number of aromatic nitrogens is 8. The van der Waals surface area contributed by atoms with Crippen LogP contribution >= 0.6 is 45.3 Å². The van der Waals surface area contributed by atoms with E-state index in [9.17, 15) is 0 Å². The summed E-state index contributed by atoms with van der Waals surface area (Å²) < 4.78 is 17.1. The minimum absolute atomic E-state index is 0.661. The topological polar surface area (TPSA) is 79.2 Å². The van der Waals surface area contributed by atoms with E-state index in [1.165, 1.54) is 191 Å². The Balaban J connectivity index is 0.000000102. The summed E-state index contributed by atoms with van der Waals surface area (Å²) in [7, 11) is 0. The number of rotatable bonds is 10. The summed E-state index contributed by atoms with van der Waals surface area (Å²) in [5.74, 6) is 2.27. The first-order chi connectivity index (χ1) is 72.9. The Bertz CT molecular complexity index is 11000. The van der Waals surface area contributed by atoms with Gasteiger partial charge in [-0.2, -0.15) is 0 Å². The average molecular weight is 1940 g/mol. The van der Waals surface area contributed by atoms with Crippen molar-refractivity contribution in [2.45, 2.75) is 0 Å². The standard InChI is InChI=1S/C48H29N3S.C44H25N3S2.C43H26N2S/c1-3-13-30(14-4-1)31-23-25-33(26-24-31)47-36-19-9-11-21-39(36)49-48(50-47)51-40-27-28-43-45(37-20-10-12-22-42(37)52-43)46(40)44-35-18-8-7-17-34(35)38(29-41(44)51)32-15-5-2-6-16-32;1-3-13-26(14-4-1)32-25-34-38(29-18-8-7-17-28(29)32)40-33(23-24-37-39(40)30-19-9-11-21-35(30)48-37)47(34)44-45-41(27-15-5-2-6-16-27)43-42(46-44)31-20-10-12-22-36(31)49-43;1-3-13-27(14-4-1)33-25-37-41(31-19-8-7-17-29(31)33)43-36(23-24-39-42(43)32-20-10-12-22-38(32)46-39)45(37)40-26-34(28-15-5-2-6-16-28)30-18-9-11-21-35(30)44-40/h1-29H;1-25H;1-26H. The van der Waals surface area contributed by atoms with Gasteiger partial charge in [0.1, 0.15) is 5.82 Å². The number of nitrogens with zero attached hydrogens (tertiary/aromatic N) is 8. The van der Waals surface area contributed by atoms with E-state index in [1.54, 1.807) is 11.3 Å². The molecule has 0 aliphatic carbocycles. The number of benzene rings is 22. The lowest BCUT2D eigenvalue weighted by Gasteiger charge is -2.14. The fraction of sp³-hybridized carbons (Fsp3) is 0. The molecule has 0 N–H and O–H groups in total. The molecule has 32 aromatic rings. The number of para-hydroxylation sites is 2. The zero-order chi connectivity index (χ0) is 96.4. The van der Waals surface area contributed by atoms with Crippen molar-refractivity contribution in [2.75, 3.05) is 0 Å². The second-order valence-corrected chi connectivity index (χ2v) is 42.1. The smallest absolute Gasteiger partial charge is 0.235 e. The molecule has 22 aromatic carbocycles. The molecule has 0 unspecified atom stereocenters. The fourth-order valence-electron chi connectivity index (χ4n) is 23.2. The second kappa shape index (κ2) is 34.3. The Hall–Kier alpha value is -18.3. The molecular weight excluding hydrogens is 1860 g/mol. The summed E-state index contributed by atoms with van der Waals surface area (Å²) in [5.41, 5.74) is 25.6. The predicted molar refractivity (Wildman–Crippen MR) is 628 cm³/mol. The summed E-state index contributed by atoms with van der Waals surface area (Å²) in [6.45, 7) is 0. The van der Waals surface area contributed by atoms with E-state index in [0.29, 0.717) is 11.9 Å². The van der Waals surface area contributed by atoms with Crippen LogP contribution in [0.5, 0.6) is 0 Å².